The van der Waals surface area contributed by atoms with Crippen molar-refractivity contribution in [3.63, 3.8) is 0 Å². The summed E-state index contributed by atoms with van der Waals surface area (Å²) in [6.45, 7) is 4.57. The Kier molecular flexibility index (Phi) is 3.92. The van der Waals surface area contributed by atoms with E-state index in [-0.39, 0.29) is 11.3 Å². The number of rotatable bonds is 3. The first-order valence-corrected chi connectivity index (χ1v) is 7.02. The third-order valence-electron chi connectivity index (χ3n) is 2.69. The Hall–Kier alpha value is -0.130. The van der Waals surface area contributed by atoms with Crippen LogP contribution in [0, 0.1) is 0 Å². The number of hydrogen-bond donors (Lipinski definition) is 1. The molecule has 1 heterocycles. The minimum Gasteiger partial charge on any atom is -0.327 e. The van der Waals surface area contributed by atoms with Crippen molar-refractivity contribution >= 4 is 9.84 Å². The van der Waals surface area contributed by atoms with Gasteiger partial charge in [0.2, 0.25) is 0 Å². The predicted molar refractivity (Wildman–Crippen MR) is 58.0 cm³/mol. The predicted octanol–water partition coefficient (Wildman–Crippen LogP) is -0.157. The van der Waals surface area contributed by atoms with Crippen LogP contribution in [-0.4, -0.2) is 50.5 Å². The van der Waals surface area contributed by atoms with E-state index >= 15 is 0 Å². The maximum atomic E-state index is 11.3. The van der Waals surface area contributed by atoms with Crippen molar-refractivity contribution in [2.24, 2.45) is 5.73 Å². The molecule has 1 saturated heterocycles. The number of nitrogens with zero attached hydrogens (tertiary/aromatic N) is 1. The Balaban J connectivity index is 2.39. The van der Waals surface area contributed by atoms with Gasteiger partial charge in [0, 0.05) is 18.8 Å². The van der Waals surface area contributed by atoms with Crippen LogP contribution in [0.1, 0.15) is 19.8 Å². The summed E-state index contributed by atoms with van der Waals surface area (Å²) < 4.78 is 22.5. The van der Waals surface area contributed by atoms with Gasteiger partial charge in [-0.05, 0) is 32.9 Å². The summed E-state index contributed by atoms with van der Waals surface area (Å²) in [5.41, 5.74) is 5.68. The first-order valence-electron chi connectivity index (χ1n) is 5.06. The summed E-state index contributed by atoms with van der Waals surface area (Å²) in [6.07, 6.45) is 2.84. The zero-order valence-corrected chi connectivity index (χ0v) is 9.76. The maximum absolute atomic E-state index is 11.3. The first kappa shape index (κ1) is 11.9. The zero-order chi connectivity index (χ0) is 10.8. The van der Waals surface area contributed by atoms with E-state index < -0.39 is 9.84 Å². The summed E-state index contributed by atoms with van der Waals surface area (Å²) in [5.74, 6) is 0. The van der Waals surface area contributed by atoms with E-state index in [0.717, 1.165) is 32.5 Å². The van der Waals surface area contributed by atoms with Gasteiger partial charge in [-0.1, -0.05) is 0 Å². The average molecular weight is 220 g/mol. The Morgan fingerprint density at radius 1 is 1.43 bits per heavy atom. The van der Waals surface area contributed by atoms with Gasteiger partial charge in [-0.25, -0.2) is 8.42 Å². The molecule has 0 aliphatic carbocycles. The van der Waals surface area contributed by atoms with E-state index in [1.165, 1.54) is 6.26 Å². The number of likely N-dealkylation sites (tertiary alicyclic amines) is 1. The van der Waals surface area contributed by atoms with Gasteiger partial charge in [0.1, 0.15) is 9.84 Å². The van der Waals surface area contributed by atoms with Crippen LogP contribution in [0.15, 0.2) is 0 Å². The average Bonchev–Trinajstić information content (AvgIpc) is 2.02. The van der Waals surface area contributed by atoms with E-state index in [0.29, 0.717) is 0 Å². The summed E-state index contributed by atoms with van der Waals surface area (Å²) in [6, 6.07) is 0.171. The smallest absolute Gasteiger partial charge is 0.150 e. The number of hydrogen-bond acceptors (Lipinski definition) is 4. The van der Waals surface area contributed by atoms with E-state index in [9.17, 15) is 8.42 Å². The second-order valence-electron chi connectivity index (χ2n) is 4.31. The molecular formula is C9H20N2O2S. The molecule has 0 amide bonds. The molecule has 84 valence electrons. The Bertz CT molecular complexity index is 267. The van der Waals surface area contributed by atoms with Gasteiger partial charge in [-0.2, -0.15) is 0 Å². The minimum atomic E-state index is -2.84. The van der Waals surface area contributed by atoms with E-state index in [4.69, 9.17) is 5.73 Å². The molecular weight excluding hydrogens is 200 g/mol. The molecule has 1 fully saturated rings. The van der Waals surface area contributed by atoms with Crippen LogP contribution in [-0.2, 0) is 9.84 Å². The first-order chi connectivity index (χ1) is 6.39. The van der Waals surface area contributed by atoms with Crippen LogP contribution in [0.25, 0.3) is 0 Å². The monoisotopic (exact) mass is 220 g/mol. The highest BCUT2D eigenvalue weighted by atomic mass is 32.2. The van der Waals surface area contributed by atoms with Crippen LogP contribution >= 0.6 is 0 Å². The van der Waals surface area contributed by atoms with E-state index in [1.54, 1.807) is 0 Å². The molecule has 1 atom stereocenters. The van der Waals surface area contributed by atoms with Gasteiger partial charge in [0.15, 0.2) is 0 Å². The summed E-state index contributed by atoms with van der Waals surface area (Å²) in [5, 5.41) is -0.133. The standard InChI is InChI=1S/C9H20N2O2S/c1-8(10)7-11-5-3-9(4-6-11)14(2,12)13/h8-9H,3-7,10H2,1-2H3/t8-/m1/s1. The van der Waals surface area contributed by atoms with E-state index in [1.807, 2.05) is 6.92 Å². The largest absolute Gasteiger partial charge is 0.327 e. The molecule has 1 aliphatic rings. The highest BCUT2D eigenvalue weighted by Crippen LogP contribution is 2.16. The molecule has 14 heavy (non-hydrogen) atoms. The molecule has 2 N–H and O–H groups in total. The summed E-state index contributed by atoms with van der Waals surface area (Å²) >= 11 is 0. The van der Waals surface area contributed by atoms with Crippen LogP contribution in [0.5, 0.6) is 0 Å². The quantitative estimate of drug-likeness (QED) is 0.718. The third-order valence-corrected chi connectivity index (χ3v) is 4.37. The Morgan fingerprint density at radius 3 is 2.29 bits per heavy atom. The minimum absolute atomic E-state index is 0.133. The van der Waals surface area contributed by atoms with Crippen molar-refractivity contribution in [2.45, 2.75) is 31.1 Å². The second kappa shape index (κ2) is 4.59. The fraction of sp³-hybridized carbons (Fsp3) is 1.00. The molecule has 1 rings (SSSR count). The lowest BCUT2D eigenvalue weighted by atomic mass is 10.1. The third kappa shape index (κ3) is 3.55. The molecule has 0 radical (unpaired) electrons. The van der Waals surface area contributed by atoms with Gasteiger partial charge >= 0.3 is 0 Å². The molecule has 0 unspecified atom stereocenters. The number of piperidine rings is 1. The summed E-state index contributed by atoms with van der Waals surface area (Å²) in [4.78, 5) is 2.24. The molecule has 4 nitrogen and oxygen atoms in total. The zero-order valence-electron chi connectivity index (χ0n) is 8.94. The fourth-order valence-electron chi connectivity index (χ4n) is 1.93. The van der Waals surface area contributed by atoms with Crippen molar-refractivity contribution in [3.8, 4) is 0 Å². The van der Waals surface area contributed by atoms with Crippen LogP contribution in [0.4, 0.5) is 0 Å². The van der Waals surface area contributed by atoms with Gasteiger partial charge in [-0.3, -0.25) is 0 Å². The molecule has 1 aliphatic heterocycles. The summed E-state index contributed by atoms with van der Waals surface area (Å²) in [7, 11) is -2.84. The Morgan fingerprint density at radius 2 is 1.93 bits per heavy atom. The highest BCUT2D eigenvalue weighted by molar-refractivity contribution is 7.91. The lowest BCUT2D eigenvalue weighted by Crippen LogP contribution is -2.43. The molecule has 0 aromatic rings. The van der Waals surface area contributed by atoms with Crippen LogP contribution < -0.4 is 5.73 Å². The van der Waals surface area contributed by atoms with Crippen molar-refractivity contribution < 1.29 is 8.42 Å². The number of sulfone groups is 1. The molecule has 0 aromatic carbocycles. The SMILES string of the molecule is C[C@@H](N)CN1CCC(S(C)(=O)=O)CC1. The fourth-order valence-corrected chi connectivity index (χ4v) is 2.99. The van der Waals surface area contributed by atoms with Crippen molar-refractivity contribution in [1.29, 1.82) is 0 Å². The lowest BCUT2D eigenvalue weighted by Gasteiger charge is -2.31. The topological polar surface area (TPSA) is 63.4 Å². The lowest BCUT2D eigenvalue weighted by molar-refractivity contribution is 0.221. The van der Waals surface area contributed by atoms with Crippen molar-refractivity contribution in [1.82, 2.24) is 4.90 Å². The molecule has 0 spiro atoms. The molecule has 0 aromatic heterocycles. The molecule has 0 bridgehead atoms. The molecule has 5 heteroatoms. The normalized spacial score (nSPS) is 23.6. The van der Waals surface area contributed by atoms with Crippen molar-refractivity contribution in [2.75, 3.05) is 25.9 Å². The second-order valence-corrected chi connectivity index (χ2v) is 6.63. The number of nitrogens with two attached hydrogens (primary N) is 1. The van der Waals surface area contributed by atoms with Gasteiger partial charge in [0.05, 0.1) is 5.25 Å². The van der Waals surface area contributed by atoms with Crippen LogP contribution in [0.3, 0.4) is 0 Å². The van der Waals surface area contributed by atoms with Crippen LogP contribution in [0.2, 0.25) is 0 Å². The van der Waals surface area contributed by atoms with E-state index in [2.05, 4.69) is 4.90 Å². The Labute approximate surface area is 86.4 Å². The highest BCUT2D eigenvalue weighted by Gasteiger charge is 2.26. The maximum Gasteiger partial charge on any atom is 0.150 e. The van der Waals surface area contributed by atoms with Crippen molar-refractivity contribution in [3.05, 3.63) is 0 Å². The van der Waals surface area contributed by atoms with Gasteiger partial charge in [0.25, 0.3) is 0 Å². The van der Waals surface area contributed by atoms with Gasteiger partial charge < -0.3 is 10.6 Å². The van der Waals surface area contributed by atoms with Gasteiger partial charge in [-0.15, -0.1) is 0 Å². The molecule has 0 saturated carbocycles.